The molecule has 110 valence electrons. The molecule has 1 N–H and O–H groups in total. The van der Waals surface area contributed by atoms with Gasteiger partial charge in [-0.3, -0.25) is 14.3 Å². The van der Waals surface area contributed by atoms with Crippen molar-refractivity contribution in [2.45, 2.75) is 32.7 Å². The second kappa shape index (κ2) is 7.02. The van der Waals surface area contributed by atoms with Crippen LogP contribution in [-0.2, 0) is 16.1 Å². The van der Waals surface area contributed by atoms with E-state index in [1.54, 1.807) is 22.0 Å². The fraction of sp³-hybridized carbons (Fsp3) is 0.692. The minimum atomic E-state index is -0.0880. The first-order chi connectivity index (χ1) is 9.70. The Hall–Kier alpha value is -1.92. The minimum Gasteiger partial charge on any atom is -0.354 e. The van der Waals surface area contributed by atoms with Gasteiger partial charge in [0.15, 0.2) is 0 Å². The number of rotatable bonds is 6. The molecule has 2 amide bonds. The van der Waals surface area contributed by atoms with Gasteiger partial charge in [0.2, 0.25) is 11.8 Å². The highest BCUT2D eigenvalue weighted by Crippen LogP contribution is 2.17. The molecular formula is C13H21N5O2. The van der Waals surface area contributed by atoms with Gasteiger partial charge < -0.3 is 10.2 Å². The van der Waals surface area contributed by atoms with Crippen molar-refractivity contribution in [3.8, 4) is 0 Å². The van der Waals surface area contributed by atoms with Crippen LogP contribution >= 0.6 is 0 Å². The zero-order chi connectivity index (χ0) is 14.4. The van der Waals surface area contributed by atoms with E-state index in [4.69, 9.17) is 0 Å². The summed E-state index contributed by atoms with van der Waals surface area (Å²) in [6, 6.07) is 0. The van der Waals surface area contributed by atoms with E-state index in [0.29, 0.717) is 32.5 Å². The maximum absolute atomic E-state index is 12.1. The number of hydrogen-bond donors (Lipinski definition) is 1. The highest BCUT2D eigenvalue weighted by molar-refractivity contribution is 5.83. The van der Waals surface area contributed by atoms with Crippen LogP contribution in [0.5, 0.6) is 0 Å². The summed E-state index contributed by atoms with van der Waals surface area (Å²) < 4.78 is 1.67. The molecule has 2 rings (SSSR count). The van der Waals surface area contributed by atoms with Crippen molar-refractivity contribution >= 4 is 11.8 Å². The zero-order valence-electron chi connectivity index (χ0n) is 11.8. The van der Waals surface area contributed by atoms with Crippen LogP contribution < -0.4 is 5.32 Å². The van der Waals surface area contributed by atoms with Crippen molar-refractivity contribution in [2.75, 3.05) is 19.6 Å². The number of hydrogen-bond acceptors (Lipinski definition) is 4. The van der Waals surface area contributed by atoms with E-state index in [1.807, 2.05) is 6.92 Å². The summed E-state index contributed by atoms with van der Waals surface area (Å²) in [4.78, 5) is 25.6. The SMILES string of the molecule is CCCN1C[C@@H](C(=O)NCCn2ccnn2)CCC1=O. The number of aromatic nitrogens is 3. The topological polar surface area (TPSA) is 80.1 Å². The minimum absolute atomic E-state index is 0.0266. The molecule has 1 saturated heterocycles. The molecule has 0 bridgehead atoms. The number of nitrogens with one attached hydrogen (secondary N) is 1. The van der Waals surface area contributed by atoms with Gasteiger partial charge in [0, 0.05) is 32.3 Å². The van der Waals surface area contributed by atoms with Crippen LogP contribution in [0.15, 0.2) is 12.4 Å². The lowest BCUT2D eigenvalue weighted by atomic mass is 9.96. The molecule has 7 heteroatoms. The van der Waals surface area contributed by atoms with Gasteiger partial charge in [0.25, 0.3) is 0 Å². The molecule has 1 atom stereocenters. The van der Waals surface area contributed by atoms with Crippen LogP contribution in [0.1, 0.15) is 26.2 Å². The van der Waals surface area contributed by atoms with Gasteiger partial charge in [0.05, 0.1) is 18.7 Å². The lowest BCUT2D eigenvalue weighted by Gasteiger charge is -2.31. The van der Waals surface area contributed by atoms with E-state index in [0.717, 1.165) is 13.0 Å². The van der Waals surface area contributed by atoms with Gasteiger partial charge in [-0.1, -0.05) is 12.1 Å². The first-order valence-electron chi connectivity index (χ1n) is 7.10. The van der Waals surface area contributed by atoms with Crippen LogP contribution in [0.25, 0.3) is 0 Å². The molecule has 0 aromatic carbocycles. The van der Waals surface area contributed by atoms with Crippen LogP contribution in [0.4, 0.5) is 0 Å². The van der Waals surface area contributed by atoms with Crippen molar-refractivity contribution in [1.82, 2.24) is 25.2 Å². The third-order valence-electron chi connectivity index (χ3n) is 3.48. The number of nitrogens with zero attached hydrogens (tertiary/aromatic N) is 4. The third-order valence-corrected chi connectivity index (χ3v) is 3.48. The van der Waals surface area contributed by atoms with E-state index < -0.39 is 0 Å². The Kier molecular flexibility index (Phi) is 5.09. The van der Waals surface area contributed by atoms with Gasteiger partial charge in [-0.2, -0.15) is 0 Å². The molecule has 0 radical (unpaired) electrons. The van der Waals surface area contributed by atoms with Gasteiger partial charge in [0.1, 0.15) is 0 Å². The summed E-state index contributed by atoms with van der Waals surface area (Å²) in [5.74, 6) is 0.104. The molecule has 1 aromatic heterocycles. The first kappa shape index (κ1) is 14.5. The molecule has 2 heterocycles. The third kappa shape index (κ3) is 3.79. The zero-order valence-corrected chi connectivity index (χ0v) is 11.8. The summed E-state index contributed by atoms with van der Waals surface area (Å²) in [6.45, 7) is 4.45. The van der Waals surface area contributed by atoms with Gasteiger partial charge >= 0.3 is 0 Å². The average molecular weight is 279 g/mol. The molecule has 20 heavy (non-hydrogen) atoms. The summed E-state index contributed by atoms with van der Waals surface area (Å²) in [5, 5.41) is 10.4. The Morgan fingerprint density at radius 1 is 1.50 bits per heavy atom. The number of likely N-dealkylation sites (tertiary alicyclic amines) is 1. The summed E-state index contributed by atoms with van der Waals surface area (Å²) in [5.41, 5.74) is 0. The Balaban J connectivity index is 1.75. The van der Waals surface area contributed by atoms with E-state index in [-0.39, 0.29) is 17.7 Å². The Morgan fingerprint density at radius 2 is 2.35 bits per heavy atom. The normalized spacial score (nSPS) is 19.1. The Labute approximate surface area is 118 Å². The van der Waals surface area contributed by atoms with Gasteiger partial charge in [-0.05, 0) is 12.8 Å². The highest BCUT2D eigenvalue weighted by atomic mass is 16.2. The van der Waals surface area contributed by atoms with Crippen molar-refractivity contribution in [1.29, 1.82) is 0 Å². The maximum atomic E-state index is 12.1. The fourth-order valence-corrected chi connectivity index (χ4v) is 2.40. The van der Waals surface area contributed by atoms with Crippen molar-refractivity contribution < 1.29 is 9.59 Å². The van der Waals surface area contributed by atoms with E-state index >= 15 is 0 Å². The average Bonchev–Trinajstić information content (AvgIpc) is 2.94. The molecule has 0 spiro atoms. The summed E-state index contributed by atoms with van der Waals surface area (Å²) >= 11 is 0. The highest BCUT2D eigenvalue weighted by Gasteiger charge is 2.29. The number of carbonyl (C=O) groups is 2. The summed E-state index contributed by atoms with van der Waals surface area (Å²) in [6.07, 6.45) is 5.41. The quantitative estimate of drug-likeness (QED) is 0.797. The Morgan fingerprint density at radius 3 is 3.05 bits per heavy atom. The van der Waals surface area contributed by atoms with E-state index in [2.05, 4.69) is 15.6 Å². The van der Waals surface area contributed by atoms with Crippen molar-refractivity contribution in [2.24, 2.45) is 5.92 Å². The lowest BCUT2D eigenvalue weighted by Crippen LogP contribution is -2.46. The molecule has 1 aliphatic rings. The number of amides is 2. The summed E-state index contributed by atoms with van der Waals surface area (Å²) in [7, 11) is 0. The molecular weight excluding hydrogens is 258 g/mol. The molecule has 0 saturated carbocycles. The van der Waals surface area contributed by atoms with Crippen molar-refractivity contribution in [3.63, 3.8) is 0 Å². The van der Waals surface area contributed by atoms with Crippen LogP contribution in [0.2, 0.25) is 0 Å². The smallest absolute Gasteiger partial charge is 0.224 e. The lowest BCUT2D eigenvalue weighted by molar-refractivity contribution is -0.138. The number of piperidine rings is 1. The Bertz CT molecular complexity index is 446. The van der Waals surface area contributed by atoms with Crippen LogP contribution in [0.3, 0.4) is 0 Å². The first-order valence-corrected chi connectivity index (χ1v) is 7.10. The molecule has 1 aromatic rings. The van der Waals surface area contributed by atoms with Gasteiger partial charge in [-0.15, -0.1) is 5.10 Å². The molecule has 1 aliphatic heterocycles. The predicted octanol–water partition coefficient (Wildman–Crippen LogP) is 0.0429. The standard InChI is InChI=1S/C13H21N5O2/c1-2-7-17-10-11(3-4-12(17)19)13(20)14-5-8-18-9-6-15-16-18/h6,9,11H,2-5,7-8,10H2,1H3,(H,14,20)/t11-/m0/s1. The van der Waals surface area contributed by atoms with E-state index in [1.165, 1.54) is 0 Å². The largest absolute Gasteiger partial charge is 0.354 e. The van der Waals surface area contributed by atoms with Crippen LogP contribution in [0, 0.1) is 5.92 Å². The monoisotopic (exact) mass is 279 g/mol. The molecule has 7 nitrogen and oxygen atoms in total. The number of carbonyl (C=O) groups excluding carboxylic acids is 2. The second-order valence-electron chi connectivity index (χ2n) is 5.03. The van der Waals surface area contributed by atoms with Gasteiger partial charge in [-0.25, -0.2) is 0 Å². The predicted molar refractivity (Wildman–Crippen MR) is 72.6 cm³/mol. The molecule has 0 aliphatic carbocycles. The molecule has 0 unspecified atom stereocenters. The van der Waals surface area contributed by atoms with Crippen molar-refractivity contribution in [3.05, 3.63) is 12.4 Å². The molecule has 1 fully saturated rings. The van der Waals surface area contributed by atoms with E-state index in [9.17, 15) is 9.59 Å². The maximum Gasteiger partial charge on any atom is 0.224 e. The fourth-order valence-electron chi connectivity index (χ4n) is 2.40. The second-order valence-corrected chi connectivity index (χ2v) is 5.03. The van der Waals surface area contributed by atoms with Crippen LogP contribution in [-0.4, -0.2) is 51.3 Å².